The fourth-order valence-corrected chi connectivity index (χ4v) is 9.23. The molecule has 2 nitrogen and oxygen atoms in total. The van der Waals surface area contributed by atoms with Gasteiger partial charge in [0.2, 0.25) is 0 Å². The van der Waals surface area contributed by atoms with Crippen LogP contribution in [0.5, 0.6) is 0 Å². The van der Waals surface area contributed by atoms with Crippen molar-refractivity contribution in [3.63, 3.8) is 0 Å². The van der Waals surface area contributed by atoms with E-state index in [1.165, 1.54) is 39.0 Å². The van der Waals surface area contributed by atoms with Gasteiger partial charge in [-0.05, 0) is 118 Å². The van der Waals surface area contributed by atoms with E-state index in [1.54, 1.807) is 0 Å². The van der Waals surface area contributed by atoms with Crippen LogP contribution in [0, 0.1) is 0 Å². The van der Waals surface area contributed by atoms with Crippen molar-refractivity contribution in [1.29, 1.82) is 0 Å². The van der Waals surface area contributed by atoms with Gasteiger partial charge < -0.3 is 9.80 Å². The van der Waals surface area contributed by atoms with Gasteiger partial charge in [-0.15, -0.1) is 0 Å². The number of nitrogens with zero attached hydrogens (tertiary/aromatic N) is 2. The van der Waals surface area contributed by atoms with Gasteiger partial charge in [0.05, 0.1) is 0 Å². The molecule has 8 aromatic rings. The Bertz CT molecular complexity index is 2610. The molecule has 2 aliphatic rings. The van der Waals surface area contributed by atoms with Crippen LogP contribution in [0.4, 0.5) is 34.1 Å². The molecule has 2 aliphatic carbocycles. The van der Waals surface area contributed by atoms with Gasteiger partial charge in [0, 0.05) is 45.5 Å². The number of hydrogen-bond donors (Lipinski definition) is 0. The van der Waals surface area contributed by atoms with E-state index in [9.17, 15) is 0 Å². The maximum atomic E-state index is 2.47. The Hall–Kier alpha value is -7.16. The lowest BCUT2D eigenvalue weighted by Gasteiger charge is -2.48. The van der Waals surface area contributed by atoms with Crippen LogP contribution >= 0.6 is 0 Å². The van der Waals surface area contributed by atoms with Crippen LogP contribution in [0.1, 0.15) is 45.7 Å². The molecule has 0 aliphatic heterocycles. The highest BCUT2D eigenvalue weighted by Gasteiger charge is 2.48. The molecule has 0 heterocycles. The van der Waals surface area contributed by atoms with Gasteiger partial charge in [0.25, 0.3) is 0 Å². The van der Waals surface area contributed by atoms with Gasteiger partial charge in [-0.3, -0.25) is 0 Å². The standard InChI is InChI=1S/C55H42N2/c1-7-19-41(20-8-1)45-37-44-39-51(57(48-27-15-5-16-28-48)49-29-17-6-18-30-49)33-36-54(44)55(40-45)52(42-21-9-2-10-22-42)34-31-43-38-50(32-35-53(43)55)56(46-23-11-3-12-24-46)47-25-13-4-14-26-47/h1-39,52H,40H2. The first-order valence-corrected chi connectivity index (χ1v) is 19.8. The van der Waals surface area contributed by atoms with E-state index in [2.05, 4.69) is 246 Å². The average molecular weight is 731 g/mol. The van der Waals surface area contributed by atoms with Crippen molar-refractivity contribution in [3.8, 4) is 0 Å². The minimum Gasteiger partial charge on any atom is -0.310 e. The van der Waals surface area contributed by atoms with Crippen molar-refractivity contribution in [2.45, 2.75) is 17.8 Å². The summed E-state index contributed by atoms with van der Waals surface area (Å²) in [4.78, 5) is 4.73. The summed E-state index contributed by atoms with van der Waals surface area (Å²) in [6.07, 6.45) is 8.16. The second kappa shape index (κ2) is 14.8. The Balaban J connectivity index is 1.21. The first-order valence-electron chi connectivity index (χ1n) is 19.8. The molecule has 10 rings (SSSR count). The summed E-state index contributed by atoms with van der Waals surface area (Å²) in [7, 11) is 0. The van der Waals surface area contributed by atoms with Crippen molar-refractivity contribution in [3.05, 3.63) is 258 Å². The summed E-state index contributed by atoms with van der Waals surface area (Å²) in [5, 5.41) is 0. The number of hydrogen-bond acceptors (Lipinski definition) is 2. The lowest BCUT2D eigenvalue weighted by atomic mass is 9.55. The summed E-state index contributed by atoms with van der Waals surface area (Å²) in [5.41, 5.74) is 15.5. The summed E-state index contributed by atoms with van der Waals surface area (Å²) < 4.78 is 0. The average Bonchev–Trinajstić information content (AvgIpc) is 3.29. The zero-order valence-electron chi connectivity index (χ0n) is 31.7. The van der Waals surface area contributed by atoms with Crippen LogP contribution in [0.15, 0.2) is 224 Å². The van der Waals surface area contributed by atoms with Crippen molar-refractivity contribution in [2.24, 2.45) is 0 Å². The molecule has 2 atom stereocenters. The van der Waals surface area contributed by atoms with Crippen molar-refractivity contribution in [2.75, 3.05) is 9.80 Å². The second-order valence-electron chi connectivity index (χ2n) is 15.0. The molecular weight excluding hydrogens is 689 g/mol. The predicted octanol–water partition coefficient (Wildman–Crippen LogP) is 14.7. The Labute approximate surface area is 336 Å². The largest absolute Gasteiger partial charge is 0.310 e. The zero-order valence-corrected chi connectivity index (χ0v) is 31.7. The van der Waals surface area contributed by atoms with Gasteiger partial charge in [-0.1, -0.05) is 164 Å². The van der Waals surface area contributed by atoms with Crippen LogP contribution in [-0.4, -0.2) is 0 Å². The fraction of sp³-hybridized carbons (Fsp3) is 0.0545. The normalized spacial score (nSPS) is 16.6. The number of allylic oxidation sites excluding steroid dienone is 2. The molecule has 0 aromatic heterocycles. The summed E-state index contributed by atoms with van der Waals surface area (Å²) >= 11 is 0. The lowest BCUT2D eigenvalue weighted by molar-refractivity contribution is 0.465. The first kappa shape index (κ1) is 34.3. The highest BCUT2D eigenvalue weighted by molar-refractivity contribution is 5.91. The molecule has 2 unspecified atom stereocenters. The molecule has 272 valence electrons. The van der Waals surface area contributed by atoms with Crippen LogP contribution in [0.25, 0.3) is 17.7 Å². The summed E-state index contributed by atoms with van der Waals surface area (Å²) in [6, 6.07) is 79.2. The number of rotatable bonds is 8. The molecule has 0 radical (unpaired) electrons. The number of fused-ring (bicyclic) bond motifs is 4. The third-order valence-corrected chi connectivity index (χ3v) is 11.7. The van der Waals surface area contributed by atoms with E-state index < -0.39 is 0 Å². The summed E-state index contributed by atoms with van der Waals surface area (Å²) in [6.45, 7) is 0. The zero-order chi connectivity index (χ0) is 38.0. The van der Waals surface area contributed by atoms with Crippen molar-refractivity contribution in [1.82, 2.24) is 0 Å². The Kier molecular flexibility index (Phi) is 8.93. The highest BCUT2D eigenvalue weighted by Crippen LogP contribution is 2.58. The molecule has 0 N–H and O–H groups in total. The van der Waals surface area contributed by atoms with Gasteiger partial charge in [-0.2, -0.15) is 0 Å². The van der Waals surface area contributed by atoms with Gasteiger partial charge in [0.1, 0.15) is 0 Å². The molecule has 0 amide bonds. The van der Waals surface area contributed by atoms with Crippen LogP contribution in [0.2, 0.25) is 0 Å². The first-order chi connectivity index (χ1) is 28.3. The van der Waals surface area contributed by atoms with Crippen LogP contribution in [0.3, 0.4) is 0 Å². The molecule has 0 saturated carbocycles. The maximum Gasteiger partial charge on any atom is 0.0467 e. The molecule has 0 saturated heterocycles. The second-order valence-corrected chi connectivity index (χ2v) is 15.0. The van der Waals surface area contributed by atoms with E-state index in [0.29, 0.717) is 0 Å². The Morgan fingerprint density at radius 1 is 0.386 bits per heavy atom. The van der Waals surface area contributed by atoms with Crippen LogP contribution in [-0.2, 0) is 5.41 Å². The van der Waals surface area contributed by atoms with Crippen LogP contribution < -0.4 is 9.80 Å². The van der Waals surface area contributed by atoms with Crippen molar-refractivity contribution < 1.29 is 0 Å². The minimum atomic E-state index is -0.383. The van der Waals surface area contributed by atoms with Gasteiger partial charge in [0.15, 0.2) is 0 Å². The maximum absolute atomic E-state index is 2.47. The van der Waals surface area contributed by atoms with Gasteiger partial charge in [-0.25, -0.2) is 0 Å². The monoisotopic (exact) mass is 730 g/mol. The fourth-order valence-electron chi connectivity index (χ4n) is 9.23. The Morgan fingerprint density at radius 2 is 0.789 bits per heavy atom. The van der Waals surface area contributed by atoms with E-state index in [-0.39, 0.29) is 11.3 Å². The predicted molar refractivity (Wildman–Crippen MR) is 240 cm³/mol. The van der Waals surface area contributed by atoms with Crippen molar-refractivity contribution >= 4 is 51.8 Å². The quantitative estimate of drug-likeness (QED) is 0.154. The molecule has 0 bridgehead atoms. The smallest absolute Gasteiger partial charge is 0.0467 e. The molecule has 0 fully saturated rings. The minimum absolute atomic E-state index is 0.104. The third-order valence-electron chi connectivity index (χ3n) is 11.7. The molecular formula is C55H42N2. The van der Waals surface area contributed by atoms with E-state index >= 15 is 0 Å². The number of anilines is 6. The van der Waals surface area contributed by atoms with Gasteiger partial charge >= 0.3 is 0 Å². The molecule has 57 heavy (non-hydrogen) atoms. The number of benzene rings is 8. The molecule has 8 aromatic carbocycles. The topological polar surface area (TPSA) is 6.48 Å². The van der Waals surface area contributed by atoms with E-state index in [1.807, 2.05) is 0 Å². The molecule has 1 spiro atoms. The van der Waals surface area contributed by atoms with E-state index in [0.717, 1.165) is 40.5 Å². The summed E-state index contributed by atoms with van der Waals surface area (Å²) in [5.74, 6) is 0.104. The third kappa shape index (κ3) is 6.26. The SMILES string of the molecule is C1=CC(c2ccccc2)C2(CC(c3ccccc3)=Cc3cc(N(c4ccccc4)c4ccccc4)ccc32)c2ccc(N(c3ccccc3)c3ccccc3)cc21. The number of para-hydroxylation sites is 4. The highest BCUT2D eigenvalue weighted by atomic mass is 15.1. The van der Waals surface area contributed by atoms with E-state index in [4.69, 9.17) is 0 Å². The molecule has 2 heteroatoms. The lowest BCUT2D eigenvalue weighted by Crippen LogP contribution is -2.39. The Morgan fingerprint density at radius 3 is 1.26 bits per heavy atom.